The van der Waals surface area contributed by atoms with Gasteiger partial charge in [-0.25, -0.2) is 4.99 Å². The van der Waals surface area contributed by atoms with Crippen LogP contribution >= 0.6 is 0 Å². The predicted molar refractivity (Wildman–Crippen MR) is 86.2 cm³/mol. The molecule has 0 unspecified atom stereocenters. The van der Waals surface area contributed by atoms with Crippen LogP contribution in [0.15, 0.2) is 59.6 Å². The molecule has 0 aliphatic carbocycles. The van der Waals surface area contributed by atoms with Crippen LogP contribution in [0.4, 0.5) is 11.4 Å². The Kier molecular flexibility index (Phi) is 3.77. The molecule has 2 aromatic rings. The predicted octanol–water partition coefficient (Wildman–Crippen LogP) is 3.39. The first kappa shape index (κ1) is 13.5. The van der Waals surface area contributed by atoms with Crippen molar-refractivity contribution in [2.75, 3.05) is 18.7 Å². The van der Waals surface area contributed by atoms with Gasteiger partial charge in [0.1, 0.15) is 11.6 Å². The van der Waals surface area contributed by atoms with E-state index in [0.29, 0.717) is 5.92 Å². The lowest BCUT2D eigenvalue weighted by atomic mass is 10.2. The third-order valence-corrected chi connectivity index (χ3v) is 3.56. The number of methoxy groups -OCH3 is 1. The van der Waals surface area contributed by atoms with Crippen LogP contribution < -0.4 is 15.2 Å². The highest BCUT2D eigenvalue weighted by molar-refractivity contribution is 5.91. The maximum atomic E-state index is 5.16. The van der Waals surface area contributed by atoms with Crippen molar-refractivity contribution in [3.8, 4) is 5.75 Å². The molecule has 4 heteroatoms. The van der Waals surface area contributed by atoms with Gasteiger partial charge in [-0.3, -0.25) is 10.4 Å². The molecule has 1 heterocycles. The second kappa shape index (κ2) is 5.87. The van der Waals surface area contributed by atoms with E-state index < -0.39 is 0 Å². The minimum absolute atomic E-state index is 0.368. The number of anilines is 1. The Morgan fingerprint density at radius 3 is 2.48 bits per heavy atom. The third kappa shape index (κ3) is 2.99. The number of hydrazine groups is 1. The van der Waals surface area contributed by atoms with Gasteiger partial charge in [0, 0.05) is 12.5 Å². The van der Waals surface area contributed by atoms with Gasteiger partial charge in [0.2, 0.25) is 0 Å². The molecule has 0 amide bonds. The van der Waals surface area contributed by atoms with Gasteiger partial charge in [-0.2, -0.15) is 0 Å². The van der Waals surface area contributed by atoms with Gasteiger partial charge in [0.15, 0.2) is 0 Å². The third-order valence-electron chi connectivity index (χ3n) is 3.56. The fourth-order valence-electron chi connectivity index (χ4n) is 2.36. The van der Waals surface area contributed by atoms with Crippen molar-refractivity contribution in [2.45, 2.75) is 6.92 Å². The molecule has 2 aromatic carbocycles. The molecule has 1 saturated heterocycles. The topological polar surface area (TPSA) is 36.9 Å². The SMILES string of the molecule is COc1ccc(N=C2NN(c3ccccc3)C[C@H]2C)cc1. The largest absolute Gasteiger partial charge is 0.497 e. The zero-order valence-electron chi connectivity index (χ0n) is 12.3. The summed E-state index contributed by atoms with van der Waals surface area (Å²) >= 11 is 0. The molecule has 1 N–H and O–H groups in total. The molecule has 1 aliphatic heterocycles. The molecule has 1 fully saturated rings. The summed E-state index contributed by atoms with van der Waals surface area (Å²) in [6.45, 7) is 3.09. The van der Waals surface area contributed by atoms with E-state index in [4.69, 9.17) is 9.73 Å². The van der Waals surface area contributed by atoms with E-state index in [0.717, 1.165) is 29.5 Å². The molecule has 1 aliphatic rings. The summed E-state index contributed by atoms with van der Waals surface area (Å²) in [6.07, 6.45) is 0. The van der Waals surface area contributed by atoms with Gasteiger partial charge in [-0.1, -0.05) is 25.1 Å². The number of nitrogens with zero attached hydrogens (tertiary/aromatic N) is 2. The minimum atomic E-state index is 0.368. The first-order valence-corrected chi connectivity index (χ1v) is 7.08. The lowest BCUT2D eigenvalue weighted by Crippen LogP contribution is -2.32. The Balaban J connectivity index is 1.78. The number of amidine groups is 1. The van der Waals surface area contributed by atoms with Gasteiger partial charge in [0.05, 0.1) is 18.5 Å². The minimum Gasteiger partial charge on any atom is -0.497 e. The monoisotopic (exact) mass is 281 g/mol. The van der Waals surface area contributed by atoms with Crippen LogP contribution in [0.3, 0.4) is 0 Å². The van der Waals surface area contributed by atoms with Crippen LogP contribution in [0.5, 0.6) is 5.75 Å². The maximum absolute atomic E-state index is 5.16. The van der Waals surface area contributed by atoms with Crippen molar-refractivity contribution in [3.63, 3.8) is 0 Å². The van der Waals surface area contributed by atoms with Crippen molar-refractivity contribution in [3.05, 3.63) is 54.6 Å². The standard InChI is InChI=1S/C17H19N3O/c1-13-12-20(15-6-4-3-5-7-15)19-17(13)18-14-8-10-16(21-2)11-9-14/h3-11,13H,12H2,1-2H3,(H,18,19)/t13-/m1/s1. The molecular weight excluding hydrogens is 262 g/mol. The number of para-hydroxylation sites is 1. The molecule has 108 valence electrons. The van der Waals surface area contributed by atoms with Crippen LogP contribution in [0.1, 0.15) is 6.92 Å². The second-order valence-electron chi connectivity index (χ2n) is 5.15. The van der Waals surface area contributed by atoms with E-state index in [1.54, 1.807) is 7.11 Å². The zero-order chi connectivity index (χ0) is 14.7. The van der Waals surface area contributed by atoms with E-state index >= 15 is 0 Å². The normalized spacial score (nSPS) is 19.6. The van der Waals surface area contributed by atoms with E-state index in [1.165, 1.54) is 0 Å². The Hall–Kier alpha value is -2.49. The van der Waals surface area contributed by atoms with Crippen LogP contribution in [0, 0.1) is 5.92 Å². The molecule has 3 rings (SSSR count). The Morgan fingerprint density at radius 1 is 1.10 bits per heavy atom. The van der Waals surface area contributed by atoms with Crippen LogP contribution in [-0.4, -0.2) is 19.5 Å². The number of benzene rings is 2. The number of aliphatic imine (C=N–C) groups is 1. The summed E-state index contributed by atoms with van der Waals surface area (Å²) in [5, 5.41) is 2.13. The number of hydrogen-bond acceptors (Lipinski definition) is 3. The Morgan fingerprint density at radius 2 is 1.81 bits per heavy atom. The first-order valence-electron chi connectivity index (χ1n) is 7.08. The Bertz CT molecular complexity index is 622. The quantitative estimate of drug-likeness (QED) is 0.937. The average molecular weight is 281 g/mol. The molecule has 0 bridgehead atoms. The fourth-order valence-corrected chi connectivity index (χ4v) is 2.36. The summed E-state index contributed by atoms with van der Waals surface area (Å²) in [4.78, 5) is 4.70. The van der Waals surface area contributed by atoms with Gasteiger partial charge in [-0.05, 0) is 36.4 Å². The summed E-state index contributed by atoms with van der Waals surface area (Å²) < 4.78 is 5.16. The molecular formula is C17H19N3O. The van der Waals surface area contributed by atoms with Crippen molar-refractivity contribution in [1.82, 2.24) is 5.43 Å². The maximum Gasteiger partial charge on any atom is 0.126 e. The number of rotatable bonds is 3. The lowest BCUT2D eigenvalue weighted by molar-refractivity contribution is 0.415. The highest BCUT2D eigenvalue weighted by Crippen LogP contribution is 2.22. The van der Waals surface area contributed by atoms with Gasteiger partial charge >= 0.3 is 0 Å². The molecule has 0 radical (unpaired) electrons. The van der Waals surface area contributed by atoms with Crippen molar-refractivity contribution in [1.29, 1.82) is 0 Å². The summed E-state index contributed by atoms with van der Waals surface area (Å²) in [7, 11) is 1.67. The van der Waals surface area contributed by atoms with Crippen LogP contribution in [-0.2, 0) is 0 Å². The van der Waals surface area contributed by atoms with E-state index in [2.05, 4.69) is 29.5 Å². The van der Waals surface area contributed by atoms with Crippen molar-refractivity contribution in [2.24, 2.45) is 10.9 Å². The number of ether oxygens (including phenoxy) is 1. The lowest BCUT2D eigenvalue weighted by Gasteiger charge is -2.17. The molecule has 21 heavy (non-hydrogen) atoms. The van der Waals surface area contributed by atoms with E-state index in [-0.39, 0.29) is 0 Å². The Labute approximate surface area is 125 Å². The average Bonchev–Trinajstić information content (AvgIpc) is 2.90. The number of hydrogen-bond donors (Lipinski definition) is 1. The summed E-state index contributed by atoms with van der Waals surface area (Å²) in [5.41, 5.74) is 5.47. The summed E-state index contributed by atoms with van der Waals surface area (Å²) in [6, 6.07) is 18.1. The van der Waals surface area contributed by atoms with Crippen LogP contribution in [0.25, 0.3) is 0 Å². The highest BCUT2D eigenvalue weighted by atomic mass is 16.5. The second-order valence-corrected chi connectivity index (χ2v) is 5.15. The molecule has 4 nitrogen and oxygen atoms in total. The molecule has 1 atom stereocenters. The van der Waals surface area contributed by atoms with Gasteiger partial charge < -0.3 is 4.74 Å². The molecule has 0 saturated carbocycles. The number of nitrogens with one attached hydrogen (secondary N) is 1. The summed E-state index contributed by atoms with van der Waals surface area (Å²) in [5.74, 6) is 2.20. The fraction of sp³-hybridized carbons (Fsp3) is 0.235. The zero-order valence-corrected chi connectivity index (χ0v) is 12.3. The molecule has 0 spiro atoms. The van der Waals surface area contributed by atoms with Gasteiger partial charge in [0.25, 0.3) is 0 Å². The smallest absolute Gasteiger partial charge is 0.126 e. The highest BCUT2D eigenvalue weighted by Gasteiger charge is 2.25. The van der Waals surface area contributed by atoms with Crippen LogP contribution in [0.2, 0.25) is 0 Å². The molecule has 0 aromatic heterocycles. The van der Waals surface area contributed by atoms with E-state index in [9.17, 15) is 0 Å². The van der Waals surface area contributed by atoms with Crippen molar-refractivity contribution >= 4 is 17.2 Å². The first-order chi connectivity index (χ1) is 10.3. The van der Waals surface area contributed by atoms with E-state index in [1.807, 2.05) is 42.5 Å². The van der Waals surface area contributed by atoms with Crippen molar-refractivity contribution < 1.29 is 4.74 Å². The van der Waals surface area contributed by atoms with Gasteiger partial charge in [-0.15, -0.1) is 0 Å².